The van der Waals surface area contributed by atoms with Crippen molar-refractivity contribution >= 4 is 5.91 Å². The largest absolute Gasteiger partial charge is 0.343 e. The third-order valence-corrected chi connectivity index (χ3v) is 5.63. The van der Waals surface area contributed by atoms with Gasteiger partial charge in [0.05, 0.1) is 0 Å². The van der Waals surface area contributed by atoms with E-state index in [-0.39, 0.29) is 11.9 Å². The first-order chi connectivity index (χ1) is 12.6. The minimum atomic E-state index is 0.267. The van der Waals surface area contributed by atoms with E-state index in [1.54, 1.807) is 0 Å². The minimum Gasteiger partial charge on any atom is -0.343 e. The molecule has 156 valence electrons. The van der Waals surface area contributed by atoms with Gasteiger partial charge in [-0.15, -0.1) is 0 Å². The maximum Gasteiger partial charge on any atom is 0.222 e. The molecule has 1 unspecified atom stereocenters. The van der Waals surface area contributed by atoms with E-state index in [9.17, 15) is 4.79 Å². The van der Waals surface area contributed by atoms with Gasteiger partial charge in [0.2, 0.25) is 5.91 Å². The van der Waals surface area contributed by atoms with Crippen molar-refractivity contribution in [3.05, 3.63) is 0 Å². The topological polar surface area (TPSA) is 46.3 Å². The monoisotopic (exact) mass is 368 g/mol. The lowest BCUT2D eigenvalue weighted by atomic mass is 10.0. The van der Waals surface area contributed by atoms with Crippen LogP contribution in [0.1, 0.15) is 123 Å². The van der Waals surface area contributed by atoms with Gasteiger partial charge >= 0.3 is 0 Å². The van der Waals surface area contributed by atoms with Crippen LogP contribution in [0.5, 0.6) is 0 Å². The summed E-state index contributed by atoms with van der Waals surface area (Å²) in [5, 5.41) is 0. The van der Waals surface area contributed by atoms with Gasteiger partial charge in [0.15, 0.2) is 0 Å². The van der Waals surface area contributed by atoms with Crippen molar-refractivity contribution in [2.24, 2.45) is 5.73 Å². The van der Waals surface area contributed by atoms with Gasteiger partial charge in [0.1, 0.15) is 0 Å². The van der Waals surface area contributed by atoms with Crippen LogP contribution in [-0.4, -0.2) is 30.4 Å². The predicted octanol–water partition coefficient (Wildman–Crippen LogP) is 6.44. The van der Waals surface area contributed by atoms with E-state index in [0.717, 1.165) is 12.8 Å². The summed E-state index contributed by atoms with van der Waals surface area (Å²) in [7, 11) is 1.91. The molecular formula is C23H48N2O. The number of carbonyl (C=O) groups excluding carboxylic acids is 1. The Labute approximate surface area is 164 Å². The molecule has 0 saturated heterocycles. The van der Waals surface area contributed by atoms with Gasteiger partial charge in [0, 0.05) is 19.5 Å². The zero-order chi connectivity index (χ0) is 19.5. The molecule has 0 saturated carbocycles. The fraction of sp³-hybridized carbons (Fsp3) is 0.957. The summed E-state index contributed by atoms with van der Waals surface area (Å²) in [5.41, 5.74) is 5.57. The number of nitrogens with zero attached hydrogens (tertiary/aromatic N) is 1. The Morgan fingerprint density at radius 3 is 1.54 bits per heavy atom. The van der Waals surface area contributed by atoms with Crippen molar-refractivity contribution in [3.63, 3.8) is 0 Å². The third kappa shape index (κ3) is 15.7. The van der Waals surface area contributed by atoms with Crippen LogP contribution in [-0.2, 0) is 4.79 Å². The van der Waals surface area contributed by atoms with Gasteiger partial charge in [-0.1, -0.05) is 96.8 Å². The van der Waals surface area contributed by atoms with Crippen molar-refractivity contribution in [1.82, 2.24) is 4.90 Å². The second-order valence-corrected chi connectivity index (χ2v) is 8.13. The highest BCUT2D eigenvalue weighted by molar-refractivity contribution is 5.76. The molecule has 3 nitrogen and oxygen atoms in total. The van der Waals surface area contributed by atoms with Crippen LogP contribution in [0.2, 0.25) is 0 Å². The number of hydrogen-bond acceptors (Lipinski definition) is 2. The van der Waals surface area contributed by atoms with E-state index < -0.39 is 0 Å². The second kappa shape index (κ2) is 19.2. The Kier molecular flexibility index (Phi) is 18.8. The molecule has 0 aliphatic rings. The summed E-state index contributed by atoms with van der Waals surface area (Å²) in [5.74, 6) is 0.278. The minimum absolute atomic E-state index is 0.267. The average Bonchev–Trinajstić information content (AvgIpc) is 2.64. The fourth-order valence-corrected chi connectivity index (χ4v) is 3.50. The Hall–Kier alpha value is -0.570. The summed E-state index contributed by atoms with van der Waals surface area (Å²) in [4.78, 5) is 14.0. The van der Waals surface area contributed by atoms with E-state index in [0.29, 0.717) is 13.0 Å². The number of hydrogen-bond donors (Lipinski definition) is 1. The van der Waals surface area contributed by atoms with Crippen LogP contribution in [0.4, 0.5) is 0 Å². The lowest BCUT2D eigenvalue weighted by molar-refractivity contribution is -0.131. The molecule has 26 heavy (non-hydrogen) atoms. The smallest absolute Gasteiger partial charge is 0.222 e. The molecule has 0 fully saturated rings. The Morgan fingerprint density at radius 2 is 1.15 bits per heavy atom. The Bertz CT molecular complexity index is 307. The van der Waals surface area contributed by atoms with Crippen LogP contribution >= 0.6 is 0 Å². The van der Waals surface area contributed by atoms with E-state index in [1.807, 2.05) is 11.9 Å². The Morgan fingerprint density at radius 1 is 0.769 bits per heavy atom. The summed E-state index contributed by atoms with van der Waals surface area (Å²) < 4.78 is 0. The van der Waals surface area contributed by atoms with E-state index in [4.69, 9.17) is 5.73 Å². The van der Waals surface area contributed by atoms with Crippen LogP contribution in [0.3, 0.4) is 0 Å². The lowest BCUT2D eigenvalue weighted by Crippen LogP contribution is -2.36. The molecule has 0 aromatic rings. The summed E-state index contributed by atoms with van der Waals surface area (Å²) in [6.45, 7) is 5.01. The highest BCUT2D eigenvalue weighted by Crippen LogP contribution is 2.14. The average molecular weight is 369 g/mol. The summed E-state index contributed by atoms with van der Waals surface area (Å²) in [6.07, 6.45) is 22.0. The molecule has 0 rings (SSSR count). The molecule has 2 N–H and O–H groups in total. The van der Waals surface area contributed by atoms with Crippen molar-refractivity contribution in [1.29, 1.82) is 0 Å². The first-order valence-corrected chi connectivity index (χ1v) is 11.6. The first kappa shape index (κ1) is 25.4. The van der Waals surface area contributed by atoms with E-state index >= 15 is 0 Å². The van der Waals surface area contributed by atoms with Crippen LogP contribution < -0.4 is 5.73 Å². The number of nitrogens with two attached hydrogens (primary N) is 1. The molecule has 1 amide bonds. The molecule has 1 atom stereocenters. The van der Waals surface area contributed by atoms with E-state index in [2.05, 4.69) is 13.8 Å². The van der Waals surface area contributed by atoms with Crippen molar-refractivity contribution in [3.8, 4) is 0 Å². The van der Waals surface area contributed by atoms with Gasteiger partial charge in [-0.2, -0.15) is 0 Å². The predicted molar refractivity (Wildman–Crippen MR) is 115 cm³/mol. The molecule has 0 aromatic carbocycles. The van der Waals surface area contributed by atoms with Crippen LogP contribution in [0.25, 0.3) is 0 Å². The van der Waals surface area contributed by atoms with Crippen molar-refractivity contribution < 1.29 is 4.79 Å². The summed E-state index contributed by atoms with van der Waals surface area (Å²) in [6, 6.07) is 0.267. The molecule has 0 aliphatic carbocycles. The molecule has 0 aromatic heterocycles. The lowest BCUT2D eigenvalue weighted by Gasteiger charge is -2.24. The van der Waals surface area contributed by atoms with Gasteiger partial charge < -0.3 is 10.6 Å². The van der Waals surface area contributed by atoms with Crippen LogP contribution in [0.15, 0.2) is 0 Å². The highest BCUT2D eigenvalue weighted by atomic mass is 16.2. The molecule has 0 radical (unpaired) electrons. The molecule has 0 spiro atoms. The quantitative estimate of drug-likeness (QED) is 0.266. The molecule has 0 bridgehead atoms. The number of amides is 1. The first-order valence-electron chi connectivity index (χ1n) is 11.6. The highest BCUT2D eigenvalue weighted by Gasteiger charge is 2.14. The zero-order valence-corrected chi connectivity index (χ0v) is 18.2. The maximum absolute atomic E-state index is 12.1. The van der Waals surface area contributed by atoms with Gasteiger partial charge in [-0.25, -0.2) is 0 Å². The zero-order valence-electron chi connectivity index (χ0n) is 18.2. The number of unbranched alkanes of at least 4 members (excludes halogenated alkanes) is 14. The maximum atomic E-state index is 12.1. The molecule has 0 heterocycles. The molecule has 3 heteroatoms. The van der Waals surface area contributed by atoms with Crippen LogP contribution in [0, 0.1) is 0 Å². The SMILES string of the molecule is CCCCCCCCCCCCCCCCCC(=O)N(C)C(C)CCN. The van der Waals surface area contributed by atoms with E-state index in [1.165, 1.54) is 89.9 Å². The van der Waals surface area contributed by atoms with Gasteiger partial charge in [-0.05, 0) is 26.3 Å². The van der Waals surface area contributed by atoms with Crippen molar-refractivity contribution in [2.45, 2.75) is 129 Å². The van der Waals surface area contributed by atoms with Gasteiger partial charge in [-0.3, -0.25) is 4.79 Å². The number of carbonyl (C=O) groups is 1. The summed E-state index contributed by atoms with van der Waals surface area (Å²) >= 11 is 0. The fourth-order valence-electron chi connectivity index (χ4n) is 3.50. The molecular weight excluding hydrogens is 320 g/mol. The molecule has 0 aliphatic heterocycles. The second-order valence-electron chi connectivity index (χ2n) is 8.13. The third-order valence-electron chi connectivity index (χ3n) is 5.63. The van der Waals surface area contributed by atoms with Gasteiger partial charge in [0.25, 0.3) is 0 Å². The Balaban J connectivity index is 3.27. The number of rotatable bonds is 19. The standard InChI is InChI=1S/C23H48N2O/c1-4-5-6-7-8-9-10-11-12-13-14-15-16-17-18-19-23(26)25(3)22(2)20-21-24/h22H,4-21,24H2,1-3H3. The van der Waals surface area contributed by atoms with Crippen molar-refractivity contribution in [2.75, 3.05) is 13.6 Å². The normalized spacial score (nSPS) is 12.3.